The Labute approximate surface area is 83.3 Å². The molecule has 78 valence electrons. The van der Waals surface area contributed by atoms with E-state index in [1.54, 1.807) is 0 Å². The van der Waals surface area contributed by atoms with Crippen LogP contribution in [0.25, 0.3) is 10.4 Å². The summed E-state index contributed by atoms with van der Waals surface area (Å²) in [4.78, 5) is 5.16. The quantitative estimate of drug-likeness (QED) is 0.419. The van der Waals surface area contributed by atoms with E-state index in [9.17, 15) is 5.11 Å². The Hall–Kier alpha value is -0.770. The molecule has 2 fully saturated rings. The Morgan fingerprint density at radius 2 is 2.00 bits per heavy atom. The number of piperidine rings is 1. The summed E-state index contributed by atoms with van der Waals surface area (Å²) in [6.45, 7) is 1.41. The van der Waals surface area contributed by atoms with E-state index in [2.05, 4.69) is 14.9 Å². The van der Waals surface area contributed by atoms with E-state index in [-0.39, 0.29) is 6.10 Å². The Balaban J connectivity index is 1.90. The first kappa shape index (κ1) is 9.77. The highest BCUT2D eigenvalue weighted by molar-refractivity contribution is 4.95. The molecule has 0 amide bonds. The lowest BCUT2D eigenvalue weighted by atomic mass is 10.00. The molecule has 2 unspecified atom stereocenters. The van der Waals surface area contributed by atoms with Gasteiger partial charge in [-0.05, 0) is 31.2 Å². The van der Waals surface area contributed by atoms with Crippen molar-refractivity contribution in [1.29, 1.82) is 0 Å². The molecule has 5 heteroatoms. The number of nitrogens with zero attached hydrogens (tertiary/aromatic N) is 4. The summed E-state index contributed by atoms with van der Waals surface area (Å²) in [6, 6.07) is 1.05. The number of aliphatic hydroxyl groups excluding tert-OH is 1. The van der Waals surface area contributed by atoms with Gasteiger partial charge < -0.3 is 5.11 Å². The summed E-state index contributed by atoms with van der Waals surface area (Å²) in [7, 11) is 0. The van der Waals surface area contributed by atoms with Gasteiger partial charge in [0, 0.05) is 30.1 Å². The molecular weight excluding hydrogens is 180 g/mol. The normalized spacial score (nSPS) is 36.8. The smallest absolute Gasteiger partial charge is 0.0570 e. The number of fused-ring (bicyclic) bond motifs is 2. The van der Waals surface area contributed by atoms with E-state index in [4.69, 9.17) is 5.53 Å². The predicted octanol–water partition coefficient (Wildman–Crippen LogP) is 1.28. The van der Waals surface area contributed by atoms with E-state index in [0.717, 1.165) is 19.4 Å². The molecule has 2 atom stereocenters. The summed E-state index contributed by atoms with van der Waals surface area (Å²) in [5.41, 5.74) is 8.19. The molecular formula is C9H16N4O. The Morgan fingerprint density at radius 1 is 1.36 bits per heavy atom. The van der Waals surface area contributed by atoms with E-state index in [1.807, 2.05) is 0 Å². The molecule has 2 rings (SSSR count). The third kappa shape index (κ3) is 1.85. The van der Waals surface area contributed by atoms with Crippen LogP contribution in [0.15, 0.2) is 5.11 Å². The summed E-state index contributed by atoms with van der Waals surface area (Å²) < 4.78 is 0. The van der Waals surface area contributed by atoms with E-state index in [1.165, 1.54) is 12.8 Å². The standard InChI is InChI=1S/C9H16N4O/c10-12-11-3-4-13-7-1-2-8(13)6-9(14)5-7/h7-9,14H,1-6H2. The first-order valence-electron chi connectivity index (χ1n) is 5.26. The van der Waals surface area contributed by atoms with Crippen LogP contribution in [-0.4, -0.2) is 41.3 Å². The van der Waals surface area contributed by atoms with Crippen molar-refractivity contribution in [3.8, 4) is 0 Å². The summed E-state index contributed by atoms with van der Waals surface area (Å²) >= 11 is 0. The molecule has 1 N–H and O–H groups in total. The molecule has 0 radical (unpaired) electrons. The molecule has 2 aliphatic rings. The van der Waals surface area contributed by atoms with Gasteiger partial charge in [-0.15, -0.1) is 0 Å². The number of aliphatic hydroxyl groups is 1. The van der Waals surface area contributed by atoms with Crippen LogP contribution in [-0.2, 0) is 0 Å². The number of hydrogen-bond acceptors (Lipinski definition) is 3. The maximum atomic E-state index is 9.57. The van der Waals surface area contributed by atoms with Crippen molar-refractivity contribution in [3.63, 3.8) is 0 Å². The summed E-state index contributed by atoms with van der Waals surface area (Å²) in [6.07, 6.45) is 4.07. The third-order valence-electron chi connectivity index (χ3n) is 3.38. The topological polar surface area (TPSA) is 72.2 Å². The summed E-state index contributed by atoms with van der Waals surface area (Å²) in [5.74, 6) is 0. The van der Waals surface area contributed by atoms with Gasteiger partial charge in [0.1, 0.15) is 0 Å². The fourth-order valence-corrected chi connectivity index (χ4v) is 2.82. The zero-order valence-corrected chi connectivity index (χ0v) is 8.21. The van der Waals surface area contributed by atoms with Crippen LogP contribution < -0.4 is 0 Å². The van der Waals surface area contributed by atoms with Gasteiger partial charge in [0.2, 0.25) is 0 Å². The van der Waals surface area contributed by atoms with Gasteiger partial charge in [-0.1, -0.05) is 5.11 Å². The first-order chi connectivity index (χ1) is 6.81. The van der Waals surface area contributed by atoms with Crippen molar-refractivity contribution in [3.05, 3.63) is 10.4 Å². The van der Waals surface area contributed by atoms with Crippen LogP contribution in [0.5, 0.6) is 0 Å². The Kier molecular flexibility index (Phi) is 2.91. The minimum absolute atomic E-state index is 0.108. The van der Waals surface area contributed by atoms with Crippen molar-refractivity contribution in [2.24, 2.45) is 5.11 Å². The SMILES string of the molecule is [N-]=[N+]=NCCN1C2CCC1CC(O)C2. The third-order valence-corrected chi connectivity index (χ3v) is 3.38. The number of rotatable bonds is 3. The van der Waals surface area contributed by atoms with Crippen LogP contribution in [0.2, 0.25) is 0 Å². The van der Waals surface area contributed by atoms with Gasteiger partial charge in [0.25, 0.3) is 0 Å². The molecule has 0 aromatic carbocycles. The highest BCUT2D eigenvalue weighted by Crippen LogP contribution is 2.35. The molecule has 0 saturated carbocycles. The van der Waals surface area contributed by atoms with Crippen LogP contribution in [0.4, 0.5) is 0 Å². The maximum Gasteiger partial charge on any atom is 0.0570 e. The molecule has 0 spiro atoms. The number of hydrogen-bond donors (Lipinski definition) is 1. The molecule has 2 aliphatic heterocycles. The van der Waals surface area contributed by atoms with Crippen molar-refractivity contribution in [1.82, 2.24) is 4.90 Å². The Bertz CT molecular complexity index is 237. The highest BCUT2D eigenvalue weighted by Gasteiger charge is 2.39. The second-order valence-electron chi connectivity index (χ2n) is 4.20. The van der Waals surface area contributed by atoms with Crippen LogP contribution >= 0.6 is 0 Å². The van der Waals surface area contributed by atoms with E-state index < -0.39 is 0 Å². The van der Waals surface area contributed by atoms with Crippen LogP contribution in [0.1, 0.15) is 25.7 Å². The zero-order valence-electron chi connectivity index (χ0n) is 8.21. The van der Waals surface area contributed by atoms with Crippen molar-refractivity contribution in [2.45, 2.75) is 43.9 Å². The van der Waals surface area contributed by atoms with Gasteiger partial charge in [-0.2, -0.15) is 0 Å². The van der Waals surface area contributed by atoms with Gasteiger partial charge in [0.15, 0.2) is 0 Å². The predicted molar refractivity (Wildman–Crippen MR) is 52.8 cm³/mol. The van der Waals surface area contributed by atoms with Crippen molar-refractivity contribution in [2.75, 3.05) is 13.1 Å². The fourth-order valence-electron chi connectivity index (χ4n) is 2.82. The largest absolute Gasteiger partial charge is 0.393 e. The zero-order chi connectivity index (χ0) is 9.97. The van der Waals surface area contributed by atoms with E-state index >= 15 is 0 Å². The molecule has 2 saturated heterocycles. The van der Waals surface area contributed by atoms with Gasteiger partial charge in [-0.25, -0.2) is 0 Å². The molecule has 0 aromatic heterocycles. The highest BCUT2D eigenvalue weighted by atomic mass is 16.3. The molecule has 2 heterocycles. The van der Waals surface area contributed by atoms with Crippen molar-refractivity contribution < 1.29 is 5.11 Å². The first-order valence-corrected chi connectivity index (χ1v) is 5.26. The average molecular weight is 196 g/mol. The van der Waals surface area contributed by atoms with Gasteiger partial charge >= 0.3 is 0 Å². The fraction of sp³-hybridized carbons (Fsp3) is 1.00. The average Bonchev–Trinajstić information content (AvgIpc) is 2.42. The minimum Gasteiger partial charge on any atom is -0.393 e. The lowest BCUT2D eigenvalue weighted by Gasteiger charge is -2.36. The minimum atomic E-state index is -0.108. The monoisotopic (exact) mass is 196 g/mol. The number of azide groups is 1. The lowest BCUT2D eigenvalue weighted by Crippen LogP contribution is -2.45. The van der Waals surface area contributed by atoms with E-state index in [0.29, 0.717) is 18.6 Å². The molecule has 0 aromatic rings. The van der Waals surface area contributed by atoms with Crippen LogP contribution in [0, 0.1) is 0 Å². The van der Waals surface area contributed by atoms with Gasteiger partial charge in [0.05, 0.1) is 6.10 Å². The van der Waals surface area contributed by atoms with Gasteiger partial charge in [-0.3, -0.25) is 4.90 Å². The molecule has 5 nitrogen and oxygen atoms in total. The lowest BCUT2D eigenvalue weighted by molar-refractivity contribution is 0.0373. The molecule has 14 heavy (non-hydrogen) atoms. The van der Waals surface area contributed by atoms with Crippen LogP contribution in [0.3, 0.4) is 0 Å². The Morgan fingerprint density at radius 3 is 2.57 bits per heavy atom. The second kappa shape index (κ2) is 4.17. The maximum absolute atomic E-state index is 9.57. The summed E-state index contributed by atoms with van der Waals surface area (Å²) in [5, 5.41) is 13.1. The molecule has 2 bridgehead atoms. The molecule has 0 aliphatic carbocycles. The second-order valence-corrected chi connectivity index (χ2v) is 4.20. The van der Waals surface area contributed by atoms with Crippen molar-refractivity contribution >= 4 is 0 Å².